The van der Waals surface area contributed by atoms with Gasteiger partial charge in [-0.05, 0) is 30.5 Å². The van der Waals surface area contributed by atoms with Crippen LogP contribution in [0.3, 0.4) is 0 Å². The fraction of sp³-hybridized carbons (Fsp3) is 0.364. The number of aromatic hydroxyl groups is 1. The van der Waals surface area contributed by atoms with Crippen molar-refractivity contribution in [3.63, 3.8) is 0 Å². The van der Waals surface area contributed by atoms with E-state index >= 15 is 0 Å². The summed E-state index contributed by atoms with van der Waals surface area (Å²) in [7, 11) is 1.29. The number of esters is 1. The third kappa shape index (κ3) is 2.87. The number of hydrogen-bond donors (Lipinski definition) is 2. The lowest BCUT2D eigenvalue weighted by molar-refractivity contribution is -0.142. The summed E-state index contributed by atoms with van der Waals surface area (Å²) in [4.78, 5) is 11.2. The standard InChI is InChI=1S/C11H15NO3.ClH/c1-6-4-8(5-7(2)10(6)13)9(12)11(14)15-3;/h4-5,9,13H,12H2,1-3H3;1H/t9-;/m1./s1. The van der Waals surface area contributed by atoms with Crippen LogP contribution in [0, 0.1) is 13.8 Å². The summed E-state index contributed by atoms with van der Waals surface area (Å²) in [6, 6.07) is 2.57. The normalized spacial score (nSPS) is 11.5. The maximum Gasteiger partial charge on any atom is 0.327 e. The minimum absolute atomic E-state index is 0. The van der Waals surface area contributed by atoms with Gasteiger partial charge in [0.15, 0.2) is 0 Å². The van der Waals surface area contributed by atoms with Gasteiger partial charge < -0.3 is 15.6 Å². The third-order valence-electron chi connectivity index (χ3n) is 2.33. The van der Waals surface area contributed by atoms with Crippen LogP contribution in [-0.2, 0) is 9.53 Å². The maximum absolute atomic E-state index is 11.2. The molecule has 0 aromatic heterocycles. The highest BCUT2D eigenvalue weighted by Gasteiger charge is 2.17. The monoisotopic (exact) mass is 245 g/mol. The van der Waals surface area contributed by atoms with Crippen molar-refractivity contribution in [2.75, 3.05) is 7.11 Å². The van der Waals surface area contributed by atoms with E-state index in [2.05, 4.69) is 4.74 Å². The fourth-order valence-electron chi connectivity index (χ4n) is 1.43. The van der Waals surface area contributed by atoms with E-state index in [1.165, 1.54) is 7.11 Å². The minimum atomic E-state index is -0.798. The molecule has 0 aliphatic heterocycles. The van der Waals surface area contributed by atoms with Crippen molar-refractivity contribution in [2.45, 2.75) is 19.9 Å². The minimum Gasteiger partial charge on any atom is -0.507 e. The molecular formula is C11H16ClNO3. The predicted octanol–water partition coefficient (Wildman–Crippen LogP) is 1.60. The predicted molar refractivity (Wildman–Crippen MR) is 63.8 cm³/mol. The van der Waals surface area contributed by atoms with Gasteiger partial charge in [0.05, 0.1) is 7.11 Å². The Labute approximate surface area is 101 Å². The number of halogens is 1. The van der Waals surface area contributed by atoms with Gasteiger partial charge in [-0.25, -0.2) is 0 Å². The number of rotatable bonds is 2. The van der Waals surface area contributed by atoms with Crippen molar-refractivity contribution in [1.29, 1.82) is 0 Å². The van der Waals surface area contributed by atoms with Crippen molar-refractivity contribution in [3.8, 4) is 5.75 Å². The van der Waals surface area contributed by atoms with Crippen LogP contribution >= 0.6 is 12.4 Å². The van der Waals surface area contributed by atoms with Crippen LogP contribution in [0.5, 0.6) is 5.75 Å². The second kappa shape index (κ2) is 5.72. The smallest absolute Gasteiger partial charge is 0.327 e. The summed E-state index contributed by atoms with van der Waals surface area (Å²) in [5.74, 6) is -0.254. The first kappa shape index (κ1) is 14.7. The zero-order valence-electron chi connectivity index (χ0n) is 9.48. The van der Waals surface area contributed by atoms with Crippen molar-refractivity contribution in [2.24, 2.45) is 5.73 Å². The zero-order valence-corrected chi connectivity index (χ0v) is 10.3. The van der Waals surface area contributed by atoms with Gasteiger partial charge in [-0.1, -0.05) is 12.1 Å². The molecule has 4 nitrogen and oxygen atoms in total. The summed E-state index contributed by atoms with van der Waals surface area (Å²) < 4.78 is 4.55. The number of nitrogens with two attached hydrogens (primary N) is 1. The molecule has 90 valence electrons. The van der Waals surface area contributed by atoms with Gasteiger partial charge in [0, 0.05) is 0 Å². The lowest BCUT2D eigenvalue weighted by Crippen LogP contribution is -2.22. The molecule has 0 aliphatic carbocycles. The Hall–Kier alpha value is -1.26. The lowest BCUT2D eigenvalue weighted by atomic mass is 10.0. The topological polar surface area (TPSA) is 72.5 Å². The molecule has 0 aliphatic rings. The van der Waals surface area contributed by atoms with Crippen molar-refractivity contribution in [1.82, 2.24) is 0 Å². The average Bonchev–Trinajstić information content (AvgIpc) is 2.23. The van der Waals surface area contributed by atoms with E-state index in [1.807, 2.05) is 0 Å². The highest BCUT2D eigenvalue weighted by molar-refractivity contribution is 5.85. The molecule has 3 N–H and O–H groups in total. The molecule has 1 aromatic rings. The number of benzene rings is 1. The number of hydrogen-bond acceptors (Lipinski definition) is 4. The van der Waals surface area contributed by atoms with Crippen LogP contribution in [0.2, 0.25) is 0 Å². The van der Waals surface area contributed by atoms with Gasteiger partial charge in [0.1, 0.15) is 11.8 Å². The van der Waals surface area contributed by atoms with Gasteiger partial charge in [-0.15, -0.1) is 12.4 Å². The van der Waals surface area contributed by atoms with Gasteiger partial charge >= 0.3 is 5.97 Å². The Bertz CT molecular complexity index is 370. The average molecular weight is 246 g/mol. The Kier molecular flexibility index (Phi) is 5.27. The van der Waals surface area contributed by atoms with E-state index in [4.69, 9.17) is 5.73 Å². The van der Waals surface area contributed by atoms with Gasteiger partial charge in [0.2, 0.25) is 0 Å². The van der Waals surface area contributed by atoms with Gasteiger partial charge in [0.25, 0.3) is 0 Å². The molecule has 0 fully saturated rings. The van der Waals surface area contributed by atoms with Gasteiger partial charge in [-0.2, -0.15) is 0 Å². The van der Waals surface area contributed by atoms with E-state index < -0.39 is 12.0 Å². The SMILES string of the molecule is COC(=O)[C@H](N)c1cc(C)c(O)c(C)c1.Cl. The Balaban J connectivity index is 0.00000225. The molecule has 16 heavy (non-hydrogen) atoms. The zero-order chi connectivity index (χ0) is 11.6. The lowest BCUT2D eigenvalue weighted by Gasteiger charge is -2.12. The molecule has 0 unspecified atom stereocenters. The molecular weight excluding hydrogens is 230 g/mol. The molecule has 0 spiro atoms. The molecule has 0 bridgehead atoms. The largest absolute Gasteiger partial charge is 0.507 e. The van der Waals surface area contributed by atoms with Crippen LogP contribution in [0.4, 0.5) is 0 Å². The quantitative estimate of drug-likeness (QED) is 0.777. The summed E-state index contributed by atoms with van der Waals surface area (Å²) in [5.41, 5.74) is 7.73. The van der Waals surface area contributed by atoms with Crippen LogP contribution < -0.4 is 5.73 Å². The highest BCUT2D eigenvalue weighted by atomic mass is 35.5. The number of aryl methyl sites for hydroxylation is 2. The third-order valence-corrected chi connectivity index (χ3v) is 2.33. The van der Waals surface area contributed by atoms with Crippen molar-refractivity contribution < 1.29 is 14.6 Å². The number of phenols is 1. The molecule has 0 heterocycles. The fourth-order valence-corrected chi connectivity index (χ4v) is 1.43. The number of phenolic OH excluding ortho intramolecular Hbond substituents is 1. The van der Waals surface area contributed by atoms with E-state index in [-0.39, 0.29) is 18.2 Å². The van der Waals surface area contributed by atoms with E-state index in [9.17, 15) is 9.90 Å². The summed E-state index contributed by atoms with van der Waals surface area (Å²) in [6.07, 6.45) is 0. The molecule has 1 atom stereocenters. The van der Waals surface area contributed by atoms with Crippen LogP contribution in [0.1, 0.15) is 22.7 Å². The Morgan fingerprint density at radius 1 is 1.38 bits per heavy atom. The van der Waals surface area contributed by atoms with Gasteiger partial charge in [-0.3, -0.25) is 4.79 Å². The first-order valence-corrected chi connectivity index (χ1v) is 4.61. The Morgan fingerprint density at radius 3 is 2.19 bits per heavy atom. The number of methoxy groups -OCH3 is 1. The highest BCUT2D eigenvalue weighted by Crippen LogP contribution is 2.25. The molecule has 1 aromatic carbocycles. The summed E-state index contributed by atoms with van der Waals surface area (Å²) in [6.45, 7) is 3.52. The molecule has 0 saturated carbocycles. The first-order chi connectivity index (χ1) is 6.97. The first-order valence-electron chi connectivity index (χ1n) is 4.61. The van der Waals surface area contributed by atoms with Crippen LogP contribution in [0.15, 0.2) is 12.1 Å². The van der Waals surface area contributed by atoms with Crippen molar-refractivity contribution >= 4 is 18.4 Å². The van der Waals surface area contributed by atoms with Crippen molar-refractivity contribution in [3.05, 3.63) is 28.8 Å². The number of carbonyl (C=O) groups excluding carboxylic acids is 1. The molecule has 0 radical (unpaired) electrons. The second-order valence-corrected chi connectivity index (χ2v) is 3.50. The molecule has 0 saturated heterocycles. The molecule has 0 amide bonds. The molecule has 5 heteroatoms. The summed E-state index contributed by atoms with van der Waals surface area (Å²) in [5, 5.41) is 9.55. The van der Waals surface area contributed by atoms with E-state index in [1.54, 1.807) is 26.0 Å². The second-order valence-electron chi connectivity index (χ2n) is 3.50. The number of ether oxygens (including phenoxy) is 1. The van der Waals surface area contributed by atoms with Crippen LogP contribution in [0.25, 0.3) is 0 Å². The van der Waals surface area contributed by atoms with Crippen LogP contribution in [-0.4, -0.2) is 18.2 Å². The number of carbonyl (C=O) groups is 1. The summed E-state index contributed by atoms with van der Waals surface area (Å²) >= 11 is 0. The maximum atomic E-state index is 11.2. The Morgan fingerprint density at radius 2 is 1.81 bits per heavy atom. The van der Waals surface area contributed by atoms with E-state index in [0.29, 0.717) is 16.7 Å². The molecule has 1 rings (SSSR count). The van der Waals surface area contributed by atoms with E-state index in [0.717, 1.165) is 0 Å².